The summed E-state index contributed by atoms with van der Waals surface area (Å²) >= 11 is 0. The van der Waals surface area contributed by atoms with Crippen LogP contribution in [0.2, 0.25) is 0 Å². The van der Waals surface area contributed by atoms with Crippen LogP contribution in [0.25, 0.3) is 11.0 Å². The molecule has 6 nitrogen and oxygen atoms in total. The van der Waals surface area contributed by atoms with Gasteiger partial charge in [-0.05, 0) is 30.5 Å². The van der Waals surface area contributed by atoms with Crippen molar-refractivity contribution in [3.05, 3.63) is 70.6 Å². The molecule has 1 N–H and O–H groups in total. The van der Waals surface area contributed by atoms with Crippen LogP contribution in [0.15, 0.2) is 59.4 Å². The van der Waals surface area contributed by atoms with Gasteiger partial charge in [-0.15, -0.1) is 0 Å². The molecule has 1 amide bonds. The van der Waals surface area contributed by atoms with Crippen molar-refractivity contribution in [2.24, 2.45) is 0 Å². The highest BCUT2D eigenvalue weighted by Gasteiger charge is 2.14. The Morgan fingerprint density at radius 2 is 1.68 bits per heavy atom. The summed E-state index contributed by atoms with van der Waals surface area (Å²) in [7, 11) is 0. The summed E-state index contributed by atoms with van der Waals surface area (Å²) in [6.45, 7) is 4.38. The second-order valence-corrected chi connectivity index (χ2v) is 6.75. The lowest BCUT2D eigenvalue weighted by Gasteiger charge is -2.07. The molecule has 1 aromatic heterocycles. The van der Waals surface area contributed by atoms with Crippen LogP contribution in [-0.2, 0) is 29.2 Å². The summed E-state index contributed by atoms with van der Waals surface area (Å²) < 4.78 is 8.90. The fraction of sp³-hybridized carbons (Fsp3) is 0.364. The SMILES string of the molecule is CCCn1c(=O)n(CC(=O)NCCCOCc2ccccc2)c2ccccc21. The van der Waals surface area contributed by atoms with E-state index in [1.54, 1.807) is 9.13 Å². The molecule has 0 atom stereocenters. The summed E-state index contributed by atoms with van der Waals surface area (Å²) in [5.74, 6) is -0.162. The first-order valence-electron chi connectivity index (χ1n) is 9.77. The molecule has 0 aliphatic heterocycles. The van der Waals surface area contributed by atoms with Gasteiger partial charge in [-0.1, -0.05) is 49.4 Å². The summed E-state index contributed by atoms with van der Waals surface area (Å²) in [6.07, 6.45) is 1.59. The number of para-hydroxylation sites is 2. The van der Waals surface area contributed by atoms with Crippen LogP contribution in [0.4, 0.5) is 0 Å². The average Bonchev–Trinajstić information content (AvgIpc) is 2.98. The number of fused-ring (bicyclic) bond motifs is 1. The van der Waals surface area contributed by atoms with Crippen LogP contribution < -0.4 is 11.0 Å². The van der Waals surface area contributed by atoms with E-state index in [4.69, 9.17) is 4.74 Å². The molecule has 0 unspecified atom stereocenters. The minimum absolute atomic E-state index is 0.0287. The first-order chi connectivity index (χ1) is 13.7. The molecule has 1 heterocycles. The van der Waals surface area contributed by atoms with E-state index >= 15 is 0 Å². The van der Waals surface area contributed by atoms with Gasteiger partial charge in [0.2, 0.25) is 5.91 Å². The third-order valence-corrected chi connectivity index (χ3v) is 4.57. The summed E-state index contributed by atoms with van der Waals surface area (Å²) in [5, 5.41) is 2.88. The smallest absolute Gasteiger partial charge is 0.329 e. The van der Waals surface area contributed by atoms with Gasteiger partial charge in [0, 0.05) is 19.7 Å². The molecule has 3 rings (SSSR count). The highest BCUT2D eigenvalue weighted by Crippen LogP contribution is 2.13. The standard InChI is InChI=1S/C22H27N3O3/c1-2-14-24-19-11-6-7-12-20(19)25(22(24)27)16-21(26)23-13-8-15-28-17-18-9-4-3-5-10-18/h3-7,9-12H,2,8,13-17H2,1H3,(H,23,26). The number of imidazole rings is 1. The molecule has 0 bridgehead atoms. The molecular weight excluding hydrogens is 354 g/mol. The zero-order chi connectivity index (χ0) is 19.8. The quantitative estimate of drug-likeness (QED) is 0.549. The monoisotopic (exact) mass is 381 g/mol. The average molecular weight is 381 g/mol. The molecule has 148 valence electrons. The zero-order valence-corrected chi connectivity index (χ0v) is 16.3. The Morgan fingerprint density at radius 3 is 2.39 bits per heavy atom. The molecule has 0 aliphatic rings. The zero-order valence-electron chi connectivity index (χ0n) is 16.3. The Kier molecular flexibility index (Phi) is 7.03. The van der Waals surface area contributed by atoms with Gasteiger partial charge >= 0.3 is 5.69 Å². The Labute approximate surface area is 164 Å². The number of ether oxygens (including phenoxy) is 1. The number of hydrogen-bond acceptors (Lipinski definition) is 3. The van der Waals surface area contributed by atoms with Crippen molar-refractivity contribution in [3.63, 3.8) is 0 Å². The first kappa shape index (κ1) is 19.9. The number of aromatic nitrogens is 2. The van der Waals surface area contributed by atoms with E-state index in [2.05, 4.69) is 5.32 Å². The van der Waals surface area contributed by atoms with Gasteiger partial charge in [0.05, 0.1) is 17.6 Å². The number of rotatable bonds is 10. The lowest BCUT2D eigenvalue weighted by Crippen LogP contribution is -2.33. The Morgan fingerprint density at radius 1 is 1.00 bits per heavy atom. The molecule has 0 aliphatic carbocycles. The van der Waals surface area contributed by atoms with Crippen LogP contribution in [0.1, 0.15) is 25.3 Å². The van der Waals surface area contributed by atoms with E-state index < -0.39 is 0 Å². The lowest BCUT2D eigenvalue weighted by molar-refractivity contribution is -0.121. The van der Waals surface area contributed by atoms with Crippen molar-refractivity contribution in [1.29, 1.82) is 0 Å². The van der Waals surface area contributed by atoms with Gasteiger partial charge in [0.1, 0.15) is 6.54 Å². The largest absolute Gasteiger partial charge is 0.377 e. The van der Waals surface area contributed by atoms with E-state index in [0.717, 1.165) is 29.4 Å². The van der Waals surface area contributed by atoms with Gasteiger partial charge < -0.3 is 10.1 Å². The predicted molar refractivity (Wildman–Crippen MR) is 110 cm³/mol. The molecule has 0 radical (unpaired) electrons. The number of carbonyl (C=O) groups excluding carboxylic acids is 1. The Bertz CT molecular complexity index is 960. The number of amides is 1. The number of aryl methyl sites for hydroxylation is 1. The van der Waals surface area contributed by atoms with Gasteiger partial charge in [-0.25, -0.2) is 4.79 Å². The number of carbonyl (C=O) groups is 1. The van der Waals surface area contributed by atoms with E-state index in [9.17, 15) is 9.59 Å². The number of nitrogens with zero attached hydrogens (tertiary/aromatic N) is 2. The van der Waals surface area contributed by atoms with Crippen molar-refractivity contribution >= 4 is 16.9 Å². The molecule has 0 fully saturated rings. The van der Waals surface area contributed by atoms with Crippen LogP contribution >= 0.6 is 0 Å². The van der Waals surface area contributed by atoms with Crippen molar-refractivity contribution in [1.82, 2.24) is 14.5 Å². The Hall–Kier alpha value is -2.86. The minimum atomic E-state index is -0.162. The highest BCUT2D eigenvalue weighted by atomic mass is 16.5. The molecule has 28 heavy (non-hydrogen) atoms. The van der Waals surface area contributed by atoms with Crippen molar-refractivity contribution < 1.29 is 9.53 Å². The topological polar surface area (TPSA) is 65.3 Å². The maximum atomic E-state index is 12.7. The van der Waals surface area contributed by atoms with Crippen LogP contribution in [0, 0.1) is 0 Å². The maximum absolute atomic E-state index is 12.7. The maximum Gasteiger partial charge on any atom is 0.329 e. The third-order valence-electron chi connectivity index (χ3n) is 4.57. The molecule has 0 saturated heterocycles. The van der Waals surface area contributed by atoms with Crippen molar-refractivity contribution in [2.75, 3.05) is 13.2 Å². The molecule has 2 aromatic carbocycles. The van der Waals surface area contributed by atoms with Gasteiger partial charge in [0.15, 0.2) is 0 Å². The summed E-state index contributed by atoms with van der Waals surface area (Å²) in [5.41, 5.74) is 2.66. The molecule has 3 aromatic rings. The lowest BCUT2D eigenvalue weighted by atomic mass is 10.2. The van der Waals surface area contributed by atoms with Gasteiger partial charge in [0.25, 0.3) is 0 Å². The van der Waals surface area contributed by atoms with Gasteiger partial charge in [-0.3, -0.25) is 13.9 Å². The predicted octanol–water partition coefficient (Wildman–Crippen LogP) is 2.94. The molecular formula is C22H27N3O3. The number of benzene rings is 2. The van der Waals surface area contributed by atoms with Crippen LogP contribution in [-0.4, -0.2) is 28.2 Å². The van der Waals surface area contributed by atoms with E-state index in [1.807, 2.05) is 61.5 Å². The van der Waals surface area contributed by atoms with Gasteiger partial charge in [-0.2, -0.15) is 0 Å². The van der Waals surface area contributed by atoms with E-state index in [1.165, 1.54) is 0 Å². The second kappa shape index (κ2) is 9.90. The van der Waals surface area contributed by atoms with Crippen LogP contribution in [0.3, 0.4) is 0 Å². The van der Waals surface area contributed by atoms with E-state index in [0.29, 0.717) is 26.3 Å². The summed E-state index contributed by atoms with van der Waals surface area (Å²) in [6, 6.07) is 17.6. The normalized spacial score (nSPS) is 11.0. The molecule has 0 saturated carbocycles. The first-order valence-corrected chi connectivity index (χ1v) is 9.77. The molecule has 0 spiro atoms. The summed E-state index contributed by atoms with van der Waals surface area (Å²) in [4.78, 5) is 25.0. The van der Waals surface area contributed by atoms with Crippen molar-refractivity contribution in [3.8, 4) is 0 Å². The van der Waals surface area contributed by atoms with E-state index in [-0.39, 0.29) is 18.1 Å². The number of nitrogens with one attached hydrogen (secondary N) is 1. The Balaban J connectivity index is 1.49. The number of hydrogen-bond donors (Lipinski definition) is 1. The van der Waals surface area contributed by atoms with Crippen molar-refractivity contribution in [2.45, 2.75) is 39.5 Å². The second-order valence-electron chi connectivity index (χ2n) is 6.75. The van der Waals surface area contributed by atoms with Crippen LogP contribution in [0.5, 0.6) is 0 Å². The highest BCUT2D eigenvalue weighted by molar-refractivity contribution is 5.80. The molecule has 6 heteroatoms. The fourth-order valence-electron chi connectivity index (χ4n) is 3.23. The third kappa shape index (κ3) is 4.89. The minimum Gasteiger partial charge on any atom is -0.377 e. The fourth-order valence-corrected chi connectivity index (χ4v) is 3.23.